The number of pyridine rings is 1. The van der Waals surface area contributed by atoms with E-state index < -0.39 is 0 Å². The van der Waals surface area contributed by atoms with Gasteiger partial charge in [0, 0.05) is 21.3 Å². The lowest BCUT2D eigenvalue weighted by Gasteiger charge is -2.12. The molecular formula is C12H10Br2N2. The van der Waals surface area contributed by atoms with E-state index in [4.69, 9.17) is 5.73 Å². The van der Waals surface area contributed by atoms with Gasteiger partial charge < -0.3 is 5.73 Å². The second-order valence-corrected chi connectivity index (χ2v) is 5.30. The molecule has 2 nitrogen and oxygen atoms in total. The molecule has 0 aliphatic heterocycles. The summed E-state index contributed by atoms with van der Waals surface area (Å²) in [5.41, 5.74) is 8.23. The van der Waals surface area contributed by atoms with E-state index in [2.05, 4.69) is 36.8 Å². The van der Waals surface area contributed by atoms with Gasteiger partial charge in [-0.1, -0.05) is 28.1 Å². The van der Waals surface area contributed by atoms with Crippen molar-refractivity contribution < 1.29 is 0 Å². The number of halogens is 2. The molecule has 1 atom stereocenters. The topological polar surface area (TPSA) is 38.9 Å². The van der Waals surface area contributed by atoms with Crippen molar-refractivity contribution in [3.05, 3.63) is 62.8 Å². The van der Waals surface area contributed by atoms with Gasteiger partial charge in [-0.25, -0.2) is 0 Å². The van der Waals surface area contributed by atoms with E-state index in [1.54, 1.807) is 12.4 Å². The molecular weight excluding hydrogens is 332 g/mol. The van der Waals surface area contributed by atoms with E-state index in [1.807, 2.05) is 30.3 Å². The number of nitrogens with two attached hydrogens (primary N) is 1. The normalized spacial score (nSPS) is 12.4. The number of hydrogen-bond acceptors (Lipinski definition) is 2. The van der Waals surface area contributed by atoms with Gasteiger partial charge in [-0.2, -0.15) is 0 Å². The lowest BCUT2D eigenvalue weighted by Crippen LogP contribution is -2.11. The third-order valence-corrected chi connectivity index (χ3v) is 3.28. The van der Waals surface area contributed by atoms with Crippen molar-refractivity contribution in [2.24, 2.45) is 5.73 Å². The lowest BCUT2D eigenvalue weighted by atomic mass is 10.0. The first kappa shape index (κ1) is 11.8. The second-order valence-electron chi connectivity index (χ2n) is 3.47. The number of nitrogens with zero attached hydrogens (tertiary/aromatic N) is 1. The summed E-state index contributed by atoms with van der Waals surface area (Å²) in [6, 6.07) is 9.84. The number of aromatic nitrogens is 1. The molecule has 0 aliphatic carbocycles. The van der Waals surface area contributed by atoms with Crippen LogP contribution in [0.2, 0.25) is 0 Å². The predicted octanol–water partition coefficient (Wildman–Crippen LogP) is 3.65. The van der Waals surface area contributed by atoms with Crippen molar-refractivity contribution in [2.45, 2.75) is 6.04 Å². The smallest absolute Gasteiger partial charge is 0.0567 e. The Bertz CT molecular complexity index is 483. The van der Waals surface area contributed by atoms with E-state index in [-0.39, 0.29) is 6.04 Å². The van der Waals surface area contributed by atoms with Crippen molar-refractivity contribution in [1.82, 2.24) is 4.98 Å². The standard InChI is InChI=1S/C12H10Br2N2/c13-10-3-1-8(2-4-10)12(15)9-5-11(14)7-16-6-9/h1-7,12H,15H2. The average Bonchev–Trinajstić information content (AvgIpc) is 2.29. The monoisotopic (exact) mass is 340 g/mol. The minimum atomic E-state index is -0.141. The van der Waals surface area contributed by atoms with Crippen LogP contribution in [-0.4, -0.2) is 4.98 Å². The largest absolute Gasteiger partial charge is 0.320 e. The number of benzene rings is 1. The minimum absolute atomic E-state index is 0.141. The molecule has 0 bridgehead atoms. The lowest BCUT2D eigenvalue weighted by molar-refractivity contribution is 0.861. The second kappa shape index (κ2) is 5.08. The SMILES string of the molecule is NC(c1ccc(Br)cc1)c1cncc(Br)c1. The highest BCUT2D eigenvalue weighted by atomic mass is 79.9. The van der Waals surface area contributed by atoms with Gasteiger partial charge in [0.25, 0.3) is 0 Å². The third kappa shape index (κ3) is 2.70. The summed E-state index contributed by atoms with van der Waals surface area (Å²) < 4.78 is 1.99. The first-order valence-corrected chi connectivity index (χ1v) is 6.37. The van der Waals surface area contributed by atoms with Gasteiger partial charge in [0.1, 0.15) is 0 Å². The van der Waals surface area contributed by atoms with E-state index in [9.17, 15) is 0 Å². The molecule has 1 aromatic heterocycles. The fourth-order valence-corrected chi connectivity index (χ4v) is 2.11. The Morgan fingerprint density at radius 2 is 1.62 bits per heavy atom. The summed E-state index contributed by atoms with van der Waals surface area (Å²) in [5, 5.41) is 0. The molecule has 4 heteroatoms. The van der Waals surface area contributed by atoms with Crippen LogP contribution in [0.4, 0.5) is 0 Å². The van der Waals surface area contributed by atoms with Crippen LogP contribution in [-0.2, 0) is 0 Å². The van der Waals surface area contributed by atoms with Crippen molar-refractivity contribution in [3.63, 3.8) is 0 Å². The first-order chi connectivity index (χ1) is 7.66. The molecule has 2 rings (SSSR count). The van der Waals surface area contributed by atoms with Crippen LogP contribution in [0.3, 0.4) is 0 Å². The van der Waals surface area contributed by atoms with Crippen molar-refractivity contribution >= 4 is 31.9 Å². The molecule has 0 saturated carbocycles. The molecule has 1 heterocycles. The van der Waals surface area contributed by atoms with Crippen molar-refractivity contribution in [1.29, 1.82) is 0 Å². The van der Waals surface area contributed by atoms with Crippen LogP contribution in [0, 0.1) is 0 Å². The van der Waals surface area contributed by atoms with Gasteiger partial charge in [0.2, 0.25) is 0 Å². The van der Waals surface area contributed by atoms with Crippen LogP contribution in [0.1, 0.15) is 17.2 Å². The van der Waals surface area contributed by atoms with E-state index in [0.29, 0.717) is 0 Å². The van der Waals surface area contributed by atoms with Gasteiger partial charge in [0.05, 0.1) is 6.04 Å². The van der Waals surface area contributed by atoms with Gasteiger partial charge in [-0.15, -0.1) is 0 Å². The molecule has 1 aromatic carbocycles. The maximum absolute atomic E-state index is 6.16. The molecule has 1 unspecified atom stereocenters. The van der Waals surface area contributed by atoms with Crippen molar-refractivity contribution in [2.75, 3.05) is 0 Å². The van der Waals surface area contributed by atoms with Crippen LogP contribution in [0.5, 0.6) is 0 Å². The summed E-state index contributed by atoms with van der Waals surface area (Å²) in [7, 11) is 0. The summed E-state index contributed by atoms with van der Waals surface area (Å²) in [6.07, 6.45) is 3.54. The van der Waals surface area contributed by atoms with Crippen LogP contribution >= 0.6 is 31.9 Å². The Morgan fingerprint density at radius 1 is 0.938 bits per heavy atom. The van der Waals surface area contributed by atoms with Gasteiger partial charge in [-0.05, 0) is 45.3 Å². The van der Waals surface area contributed by atoms with Crippen molar-refractivity contribution in [3.8, 4) is 0 Å². The fraction of sp³-hybridized carbons (Fsp3) is 0.0833. The van der Waals surface area contributed by atoms with Gasteiger partial charge in [0.15, 0.2) is 0 Å². The Kier molecular flexibility index (Phi) is 3.74. The van der Waals surface area contributed by atoms with Crippen LogP contribution < -0.4 is 5.73 Å². The summed E-state index contributed by atoms with van der Waals surface area (Å²) >= 11 is 6.79. The van der Waals surface area contributed by atoms with Crippen LogP contribution in [0.25, 0.3) is 0 Å². The zero-order valence-corrected chi connectivity index (χ0v) is 11.6. The van der Waals surface area contributed by atoms with Gasteiger partial charge >= 0.3 is 0 Å². The van der Waals surface area contributed by atoms with E-state index in [0.717, 1.165) is 20.1 Å². The molecule has 82 valence electrons. The molecule has 0 saturated heterocycles. The Hall–Kier alpha value is -0.710. The fourth-order valence-electron chi connectivity index (χ4n) is 1.46. The highest BCUT2D eigenvalue weighted by Crippen LogP contribution is 2.22. The first-order valence-electron chi connectivity index (χ1n) is 4.78. The molecule has 0 aliphatic rings. The molecule has 0 spiro atoms. The zero-order valence-electron chi connectivity index (χ0n) is 8.40. The Balaban J connectivity index is 2.31. The third-order valence-electron chi connectivity index (χ3n) is 2.31. The highest BCUT2D eigenvalue weighted by molar-refractivity contribution is 9.10. The molecule has 16 heavy (non-hydrogen) atoms. The summed E-state index contributed by atoms with van der Waals surface area (Å²) in [4.78, 5) is 4.11. The molecule has 2 N–H and O–H groups in total. The number of hydrogen-bond donors (Lipinski definition) is 1. The minimum Gasteiger partial charge on any atom is -0.320 e. The average molecular weight is 342 g/mol. The summed E-state index contributed by atoms with van der Waals surface area (Å²) in [6.45, 7) is 0. The van der Waals surface area contributed by atoms with E-state index >= 15 is 0 Å². The number of rotatable bonds is 2. The predicted molar refractivity (Wildman–Crippen MR) is 72.1 cm³/mol. The summed E-state index contributed by atoms with van der Waals surface area (Å²) in [5.74, 6) is 0. The maximum Gasteiger partial charge on any atom is 0.0567 e. The Labute approximate surface area is 111 Å². The molecule has 2 aromatic rings. The molecule has 0 fully saturated rings. The van der Waals surface area contributed by atoms with Gasteiger partial charge in [-0.3, -0.25) is 4.98 Å². The quantitative estimate of drug-likeness (QED) is 0.905. The Morgan fingerprint density at radius 3 is 2.25 bits per heavy atom. The van der Waals surface area contributed by atoms with E-state index in [1.165, 1.54) is 0 Å². The molecule has 0 radical (unpaired) electrons. The zero-order chi connectivity index (χ0) is 11.5. The van der Waals surface area contributed by atoms with Crippen LogP contribution in [0.15, 0.2) is 51.7 Å². The maximum atomic E-state index is 6.16. The molecule has 0 amide bonds. The highest BCUT2D eigenvalue weighted by Gasteiger charge is 2.09.